The number of hydrogen-bond donors (Lipinski definition) is 1. The van der Waals surface area contributed by atoms with Crippen molar-refractivity contribution in [3.63, 3.8) is 0 Å². The van der Waals surface area contributed by atoms with Crippen molar-refractivity contribution >= 4 is 30.0 Å². The van der Waals surface area contributed by atoms with Crippen molar-refractivity contribution < 1.29 is 52.4 Å². The topological polar surface area (TPSA) is 153 Å². The number of hydrogen-bond acceptors (Lipinski definition) is 11. The molecular weight excluding hydrogens is 490 g/mol. The van der Waals surface area contributed by atoms with Gasteiger partial charge in [0.25, 0.3) is 0 Å². The Morgan fingerprint density at radius 3 is 1.84 bits per heavy atom. The number of allylic oxidation sites excluding steroid dienone is 3. The number of nitrogens with one attached hydrogen (secondary N) is 1. The van der Waals surface area contributed by atoms with Gasteiger partial charge in [0.15, 0.2) is 24.5 Å². The molecule has 1 rings (SSSR count). The van der Waals surface area contributed by atoms with E-state index >= 15 is 0 Å². The Kier molecular flexibility index (Phi) is 13.4. The Balaban J connectivity index is 3.09. The number of carbonyl (C=O) groups is 5. The van der Waals surface area contributed by atoms with Crippen molar-refractivity contribution in [2.24, 2.45) is 0 Å². The van der Waals surface area contributed by atoms with E-state index in [1.54, 1.807) is 6.08 Å². The molecule has 1 aliphatic rings. The van der Waals surface area contributed by atoms with Gasteiger partial charge in [0.2, 0.25) is 0 Å². The maximum atomic E-state index is 12.5. The lowest BCUT2D eigenvalue weighted by Crippen LogP contribution is -2.66. The van der Waals surface area contributed by atoms with Crippen LogP contribution in [0.1, 0.15) is 61.3 Å². The molecule has 0 saturated carbocycles. The third-order valence-electron chi connectivity index (χ3n) is 4.99. The van der Waals surface area contributed by atoms with Gasteiger partial charge in [-0.15, -0.1) is 0 Å². The fourth-order valence-corrected chi connectivity index (χ4v) is 3.45. The molecule has 12 heteroatoms. The molecule has 37 heavy (non-hydrogen) atoms. The van der Waals surface area contributed by atoms with Gasteiger partial charge in [-0.1, -0.05) is 17.2 Å². The molecule has 1 fully saturated rings. The number of ether oxygens (including phenoxy) is 6. The standard InChI is InChI=1S/C25H37NO11/c1-14(2)9-8-10-15(3)11-12-32-25(31)26-24-23(36-19(7)30)22(35-18(6)29)21(34-17(5)28)20(37-24)13-33-16(4)27/h9,11,20-24H,8,10,12-13H2,1-7H3,(H,26,31)/b15-11+/t20-,21-,22+,23-,24-/m1/s1. The van der Waals surface area contributed by atoms with Gasteiger partial charge >= 0.3 is 30.0 Å². The lowest BCUT2D eigenvalue weighted by Gasteiger charge is -2.44. The van der Waals surface area contributed by atoms with Crippen LogP contribution in [-0.4, -0.2) is 73.8 Å². The van der Waals surface area contributed by atoms with E-state index in [0.29, 0.717) is 0 Å². The van der Waals surface area contributed by atoms with E-state index in [0.717, 1.165) is 46.1 Å². The molecule has 12 nitrogen and oxygen atoms in total. The minimum Gasteiger partial charge on any atom is -0.463 e. The first-order valence-electron chi connectivity index (χ1n) is 11.8. The second-order valence-corrected chi connectivity index (χ2v) is 8.73. The molecule has 5 atom stereocenters. The van der Waals surface area contributed by atoms with Crippen LogP contribution in [0.3, 0.4) is 0 Å². The minimum absolute atomic E-state index is 0.0300. The lowest BCUT2D eigenvalue weighted by atomic mass is 9.97. The lowest BCUT2D eigenvalue weighted by molar-refractivity contribution is -0.256. The molecule has 1 N–H and O–H groups in total. The molecule has 0 unspecified atom stereocenters. The monoisotopic (exact) mass is 527 g/mol. The highest BCUT2D eigenvalue weighted by atomic mass is 16.7. The van der Waals surface area contributed by atoms with E-state index in [1.165, 1.54) is 5.57 Å². The Labute approximate surface area is 216 Å². The molecule has 0 radical (unpaired) electrons. The number of carbonyl (C=O) groups excluding carboxylic acids is 5. The second kappa shape index (κ2) is 15.6. The molecule has 208 valence electrons. The summed E-state index contributed by atoms with van der Waals surface area (Å²) in [7, 11) is 0. The van der Waals surface area contributed by atoms with Gasteiger partial charge in [-0.3, -0.25) is 24.5 Å². The summed E-state index contributed by atoms with van der Waals surface area (Å²) in [5.41, 5.74) is 2.24. The zero-order valence-corrected chi connectivity index (χ0v) is 22.4. The molecule has 0 aromatic heterocycles. The van der Waals surface area contributed by atoms with Crippen LogP contribution in [0.5, 0.6) is 0 Å². The van der Waals surface area contributed by atoms with E-state index < -0.39 is 67.2 Å². The fourth-order valence-electron chi connectivity index (χ4n) is 3.45. The molecule has 0 spiro atoms. The first-order chi connectivity index (χ1) is 17.3. The van der Waals surface area contributed by atoms with Gasteiger partial charge in [0, 0.05) is 27.7 Å². The first-order valence-corrected chi connectivity index (χ1v) is 11.8. The van der Waals surface area contributed by atoms with Crippen molar-refractivity contribution in [3.05, 3.63) is 23.3 Å². The Bertz CT molecular complexity index is 891. The summed E-state index contributed by atoms with van der Waals surface area (Å²) < 4.78 is 31.9. The van der Waals surface area contributed by atoms with Crippen LogP contribution in [0, 0.1) is 0 Å². The van der Waals surface area contributed by atoms with Gasteiger partial charge in [-0.25, -0.2) is 4.79 Å². The first kappa shape index (κ1) is 31.6. The van der Waals surface area contributed by atoms with Crippen LogP contribution in [-0.2, 0) is 47.6 Å². The van der Waals surface area contributed by atoms with Gasteiger partial charge in [0.05, 0.1) is 0 Å². The molecule has 0 aromatic rings. The van der Waals surface area contributed by atoms with E-state index in [2.05, 4.69) is 11.4 Å². The zero-order chi connectivity index (χ0) is 28.1. The number of rotatable bonds is 11. The summed E-state index contributed by atoms with van der Waals surface area (Å²) in [6, 6.07) is 0. The van der Waals surface area contributed by atoms with Crippen molar-refractivity contribution in [2.45, 2.75) is 92.0 Å². The van der Waals surface area contributed by atoms with Crippen molar-refractivity contribution in [2.75, 3.05) is 13.2 Å². The van der Waals surface area contributed by atoms with Gasteiger partial charge < -0.3 is 28.4 Å². The summed E-state index contributed by atoms with van der Waals surface area (Å²) in [6.07, 6.45) is -2.06. The average molecular weight is 528 g/mol. The molecule has 0 aromatic carbocycles. The SMILES string of the molecule is CC(=O)OC[C@H]1O[C@@H](NC(=O)OC/C=C(\C)CCC=C(C)C)[C@H](OC(C)=O)[C@@H](OC(C)=O)[C@@H]1OC(C)=O. The summed E-state index contributed by atoms with van der Waals surface area (Å²) in [5, 5.41) is 2.43. The van der Waals surface area contributed by atoms with Crippen LogP contribution < -0.4 is 5.32 Å². The van der Waals surface area contributed by atoms with E-state index in [1.807, 2.05) is 20.8 Å². The molecule has 1 amide bonds. The van der Waals surface area contributed by atoms with E-state index in [-0.39, 0.29) is 6.61 Å². The molecular formula is C25H37NO11. The predicted molar refractivity (Wildman–Crippen MR) is 129 cm³/mol. The number of amides is 1. The predicted octanol–water partition coefficient (Wildman–Crippen LogP) is 2.49. The molecule has 1 saturated heterocycles. The van der Waals surface area contributed by atoms with Crippen LogP contribution in [0.2, 0.25) is 0 Å². The summed E-state index contributed by atoms with van der Waals surface area (Å²) in [5.74, 6) is -2.95. The molecule has 0 bridgehead atoms. The van der Waals surface area contributed by atoms with Crippen LogP contribution in [0.4, 0.5) is 4.79 Å². The summed E-state index contributed by atoms with van der Waals surface area (Å²) in [4.78, 5) is 59.3. The third kappa shape index (κ3) is 12.4. The van der Waals surface area contributed by atoms with Crippen molar-refractivity contribution in [1.29, 1.82) is 0 Å². The Hall–Kier alpha value is -3.41. The maximum absolute atomic E-state index is 12.5. The van der Waals surface area contributed by atoms with Gasteiger partial charge in [-0.05, 0) is 39.7 Å². The molecule has 1 heterocycles. The zero-order valence-electron chi connectivity index (χ0n) is 22.4. The molecule has 1 aliphatic heterocycles. The Morgan fingerprint density at radius 1 is 0.730 bits per heavy atom. The summed E-state index contributed by atoms with van der Waals surface area (Å²) in [6.45, 7) is 10.0. The van der Waals surface area contributed by atoms with Crippen molar-refractivity contribution in [3.8, 4) is 0 Å². The highest BCUT2D eigenvalue weighted by Crippen LogP contribution is 2.28. The van der Waals surface area contributed by atoms with Gasteiger partial charge in [-0.2, -0.15) is 0 Å². The largest absolute Gasteiger partial charge is 0.463 e. The van der Waals surface area contributed by atoms with Crippen LogP contribution in [0.15, 0.2) is 23.3 Å². The molecule has 0 aliphatic carbocycles. The van der Waals surface area contributed by atoms with E-state index in [4.69, 9.17) is 28.4 Å². The van der Waals surface area contributed by atoms with Crippen LogP contribution in [0.25, 0.3) is 0 Å². The minimum atomic E-state index is -1.41. The fraction of sp³-hybridized carbons (Fsp3) is 0.640. The van der Waals surface area contributed by atoms with E-state index in [9.17, 15) is 24.0 Å². The smallest absolute Gasteiger partial charge is 0.409 e. The number of alkyl carbamates (subject to hydrolysis) is 1. The number of esters is 4. The quantitative estimate of drug-likeness (QED) is 0.239. The van der Waals surface area contributed by atoms with Crippen molar-refractivity contribution in [1.82, 2.24) is 5.32 Å². The van der Waals surface area contributed by atoms with Crippen LogP contribution >= 0.6 is 0 Å². The second-order valence-electron chi connectivity index (χ2n) is 8.73. The Morgan fingerprint density at radius 2 is 1.30 bits per heavy atom. The normalized spacial score (nSPS) is 23.2. The summed E-state index contributed by atoms with van der Waals surface area (Å²) >= 11 is 0. The average Bonchev–Trinajstić information content (AvgIpc) is 2.75. The highest BCUT2D eigenvalue weighted by molar-refractivity contribution is 5.70. The third-order valence-corrected chi connectivity index (χ3v) is 4.99. The highest BCUT2D eigenvalue weighted by Gasteiger charge is 2.52. The van der Waals surface area contributed by atoms with Gasteiger partial charge in [0.1, 0.15) is 19.3 Å². The maximum Gasteiger partial charge on any atom is 0.409 e.